The summed E-state index contributed by atoms with van der Waals surface area (Å²) >= 11 is 0. The minimum atomic E-state index is 0.337. The third-order valence-electron chi connectivity index (χ3n) is 8.58. The number of rotatable bonds is 9. The summed E-state index contributed by atoms with van der Waals surface area (Å²) in [5.74, 6) is 1.91. The standard InChI is InChI=1S/C44H23N13/c45-21-30-1-10-36(11-2-30)55(40-16-7-33(24-48)27-51-40)39-19-43(56(37-12-3-31(22-46)4-13-37)41-17-8-34(25-49)28-52-41)54-44(20-39)57(38-14-5-32(23-47)6-15-38)42-18-9-35(26-50)29-53-42/h1-20,27-29H. The topological polar surface area (TPSA) is 204 Å². The lowest BCUT2D eigenvalue weighted by molar-refractivity contribution is 1.07. The fraction of sp³-hybridized carbons (Fsp3) is 0. The number of nitriles is 6. The highest BCUT2D eigenvalue weighted by Gasteiger charge is 2.25. The molecule has 0 saturated carbocycles. The molecule has 13 heteroatoms. The van der Waals surface area contributed by atoms with Crippen LogP contribution in [0.4, 0.5) is 51.8 Å². The second-order valence-electron chi connectivity index (χ2n) is 12.1. The fourth-order valence-electron chi connectivity index (χ4n) is 5.83. The van der Waals surface area contributed by atoms with Gasteiger partial charge in [-0.2, -0.15) is 31.6 Å². The molecule has 0 bridgehead atoms. The summed E-state index contributed by atoms with van der Waals surface area (Å²) in [6.07, 6.45) is 4.36. The fourth-order valence-corrected chi connectivity index (χ4v) is 5.83. The highest BCUT2D eigenvalue weighted by molar-refractivity contribution is 5.84. The van der Waals surface area contributed by atoms with Gasteiger partial charge in [-0.05, 0) is 109 Å². The van der Waals surface area contributed by atoms with E-state index in [1.807, 2.05) is 17.0 Å². The molecule has 7 rings (SSSR count). The first kappa shape index (κ1) is 36.0. The van der Waals surface area contributed by atoms with Crippen molar-refractivity contribution in [3.63, 3.8) is 0 Å². The lowest BCUT2D eigenvalue weighted by atomic mass is 10.1. The van der Waals surface area contributed by atoms with Crippen LogP contribution in [0.1, 0.15) is 33.4 Å². The van der Waals surface area contributed by atoms with Gasteiger partial charge in [-0.1, -0.05) is 0 Å². The molecule has 0 aliphatic heterocycles. The van der Waals surface area contributed by atoms with Crippen molar-refractivity contribution in [3.8, 4) is 36.4 Å². The van der Waals surface area contributed by atoms with Crippen LogP contribution in [0, 0.1) is 68.0 Å². The largest absolute Gasteiger partial charge is 0.295 e. The number of nitrogens with zero attached hydrogens (tertiary/aromatic N) is 13. The Morgan fingerprint density at radius 1 is 0.298 bits per heavy atom. The van der Waals surface area contributed by atoms with Gasteiger partial charge < -0.3 is 0 Å². The average molecular weight is 734 g/mol. The molecule has 57 heavy (non-hydrogen) atoms. The normalized spacial score (nSPS) is 10.0. The van der Waals surface area contributed by atoms with Gasteiger partial charge in [-0.25, -0.2) is 19.9 Å². The van der Waals surface area contributed by atoms with E-state index < -0.39 is 0 Å². The Hall–Kier alpha value is -9.40. The van der Waals surface area contributed by atoms with Gasteiger partial charge in [-0.3, -0.25) is 14.7 Å². The number of aromatic nitrogens is 4. The predicted octanol–water partition coefficient (Wildman–Crippen LogP) is 8.91. The van der Waals surface area contributed by atoms with E-state index in [0.29, 0.717) is 85.2 Å². The minimum Gasteiger partial charge on any atom is -0.295 e. The van der Waals surface area contributed by atoms with E-state index in [4.69, 9.17) is 4.98 Å². The number of benzene rings is 3. The summed E-state index contributed by atoms with van der Waals surface area (Å²) in [6.45, 7) is 0. The highest BCUT2D eigenvalue weighted by atomic mass is 15.3. The molecule has 0 amide bonds. The molecule has 0 aliphatic rings. The number of hydrogen-bond donors (Lipinski definition) is 0. The number of pyridine rings is 4. The van der Waals surface area contributed by atoms with Gasteiger partial charge in [-0.15, -0.1) is 0 Å². The Morgan fingerprint density at radius 3 is 0.860 bits per heavy atom. The molecule has 0 saturated heterocycles. The molecule has 7 aromatic rings. The monoisotopic (exact) mass is 733 g/mol. The molecule has 0 fully saturated rings. The number of anilines is 9. The summed E-state index contributed by atoms with van der Waals surface area (Å²) in [5.41, 5.74) is 4.69. The van der Waals surface area contributed by atoms with Crippen LogP contribution < -0.4 is 14.7 Å². The smallest absolute Gasteiger partial charge is 0.143 e. The first-order valence-corrected chi connectivity index (χ1v) is 17.0. The van der Waals surface area contributed by atoms with E-state index in [1.165, 1.54) is 18.6 Å². The maximum absolute atomic E-state index is 9.61. The maximum Gasteiger partial charge on any atom is 0.143 e. The van der Waals surface area contributed by atoms with E-state index in [0.717, 1.165) is 0 Å². The van der Waals surface area contributed by atoms with Crippen LogP contribution in [0.15, 0.2) is 140 Å². The van der Waals surface area contributed by atoms with E-state index in [9.17, 15) is 31.6 Å². The van der Waals surface area contributed by atoms with Gasteiger partial charge in [0, 0.05) is 47.8 Å². The van der Waals surface area contributed by atoms with Gasteiger partial charge in [0.25, 0.3) is 0 Å². The van der Waals surface area contributed by atoms with Crippen molar-refractivity contribution >= 4 is 51.8 Å². The SMILES string of the molecule is N#Cc1ccc(N(c2cc(N(c3ccc(C#N)cc3)c3ccc(C#N)cn3)nc(N(c3ccc(C#N)cc3)c3ccc(C#N)cn3)c2)c2ccc(C#N)cn2)cc1. The summed E-state index contributed by atoms with van der Waals surface area (Å²) < 4.78 is 0. The molecule has 0 N–H and O–H groups in total. The second kappa shape index (κ2) is 16.1. The van der Waals surface area contributed by atoms with Crippen LogP contribution in [-0.4, -0.2) is 19.9 Å². The van der Waals surface area contributed by atoms with E-state index >= 15 is 0 Å². The molecular formula is C44H23N13. The third-order valence-corrected chi connectivity index (χ3v) is 8.58. The molecule has 4 heterocycles. The van der Waals surface area contributed by atoms with Crippen molar-refractivity contribution in [2.75, 3.05) is 14.7 Å². The lowest BCUT2D eigenvalue weighted by Crippen LogP contribution is -2.19. The van der Waals surface area contributed by atoms with Crippen LogP contribution in [-0.2, 0) is 0 Å². The first-order valence-electron chi connectivity index (χ1n) is 17.0. The zero-order valence-electron chi connectivity index (χ0n) is 29.6. The maximum atomic E-state index is 9.61. The number of hydrogen-bond acceptors (Lipinski definition) is 13. The van der Waals surface area contributed by atoms with Crippen LogP contribution in [0.25, 0.3) is 0 Å². The summed E-state index contributed by atoms with van der Waals surface area (Å²) in [4.78, 5) is 24.5. The second-order valence-corrected chi connectivity index (χ2v) is 12.1. The average Bonchev–Trinajstić information content (AvgIpc) is 3.28. The van der Waals surface area contributed by atoms with Crippen molar-refractivity contribution in [3.05, 3.63) is 173 Å². The Kier molecular flexibility index (Phi) is 10.2. The molecule has 4 aromatic heterocycles. The summed E-state index contributed by atoms with van der Waals surface area (Å²) in [7, 11) is 0. The van der Waals surface area contributed by atoms with Crippen molar-refractivity contribution in [2.45, 2.75) is 0 Å². The Bertz CT molecular complexity index is 2330. The Balaban J connectivity index is 1.56. The van der Waals surface area contributed by atoms with Gasteiger partial charge in [0.2, 0.25) is 0 Å². The molecule has 0 atom stereocenters. The van der Waals surface area contributed by atoms with Crippen molar-refractivity contribution in [1.29, 1.82) is 31.6 Å². The van der Waals surface area contributed by atoms with Crippen molar-refractivity contribution in [1.82, 2.24) is 19.9 Å². The van der Waals surface area contributed by atoms with Gasteiger partial charge in [0.05, 0.1) is 57.3 Å². The van der Waals surface area contributed by atoms with Crippen LogP contribution in [0.5, 0.6) is 0 Å². The highest BCUT2D eigenvalue weighted by Crippen LogP contribution is 2.43. The lowest BCUT2D eigenvalue weighted by Gasteiger charge is -2.30. The quantitative estimate of drug-likeness (QED) is 0.136. The predicted molar refractivity (Wildman–Crippen MR) is 210 cm³/mol. The van der Waals surface area contributed by atoms with Crippen molar-refractivity contribution in [2.24, 2.45) is 0 Å². The van der Waals surface area contributed by atoms with E-state index in [-0.39, 0.29) is 0 Å². The van der Waals surface area contributed by atoms with Gasteiger partial charge >= 0.3 is 0 Å². The van der Waals surface area contributed by atoms with Crippen molar-refractivity contribution < 1.29 is 0 Å². The zero-order valence-corrected chi connectivity index (χ0v) is 29.6. The first-order chi connectivity index (χ1) is 27.9. The summed E-state index contributed by atoms with van der Waals surface area (Å²) in [6, 6.07) is 47.0. The summed E-state index contributed by atoms with van der Waals surface area (Å²) in [5, 5.41) is 57.6. The molecule has 0 radical (unpaired) electrons. The van der Waals surface area contributed by atoms with Gasteiger partial charge in [0.1, 0.15) is 47.3 Å². The molecule has 13 nitrogen and oxygen atoms in total. The van der Waals surface area contributed by atoms with E-state index in [2.05, 4.69) is 51.4 Å². The van der Waals surface area contributed by atoms with Crippen LogP contribution in [0.3, 0.4) is 0 Å². The Morgan fingerprint density at radius 2 is 0.579 bits per heavy atom. The zero-order chi connectivity index (χ0) is 39.7. The molecule has 0 unspecified atom stereocenters. The third kappa shape index (κ3) is 7.58. The van der Waals surface area contributed by atoms with E-state index in [1.54, 1.807) is 119 Å². The minimum absolute atomic E-state index is 0.337. The van der Waals surface area contributed by atoms with Gasteiger partial charge in [0.15, 0.2) is 0 Å². The molecular weight excluding hydrogens is 711 g/mol. The Labute approximate surface area is 326 Å². The molecule has 3 aromatic carbocycles. The van der Waals surface area contributed by atoms with Crippen LogP contribution >= 0.6 is 0 Å². The van der Waals surface area contributed by atoms with Crippen LogP contribution in [0.2, 0.25) is 0 Å². The molecule has 264 valence electrons. The molecule has 0 aliphatic carbocycles. The molecule has 0 spiro atoms.